The third kappa shape index (κ3) is 4.81. The first kappa shape index (κ1) is 13.7. The number of sulfonamides is 1. The van der Waals surface area contributed by atoms with Gasteiger partial charge in [0, 0.05) is 18.9 Å². The predicted molar refractivity (Wildman–Crippen MR) is 75.0 cm³/mol. The smallest absolute Gasteiger partial charge is 0.215 e. The fourth-order valence-corrected chi connectivity index (χ4v) is 2.89. The van der Waals surface area contributed by atoms with Gasteiger partial charge in [-0.2, -0.15) is 0 Å². The zero-order valence-electron chi connectivity index (χ0n) is 10.5. The lowest BCUT2D eigenvalue weighted by Crippen LogP contribution is -2.27. The minimum Gasteiger partial charge on any atom is -0.265 e. The quantitative estimate of drug-likeness (QED) is 0.874. The fraction of sp³-hybridized carbons (Fsp3) is 0.214. The maximum Gasteiger partial charge on any atom is 0.215 e. The second kappa shape index (κ2) is 6.45. The Labute approximate surface area is 113 Å². The average molecular weight is 276 g/mol. The molecule has 0 fully saturated rings. The van der Waals surface area contributed by atoms with Crippen molar-refractivity contribution in [2.24, 2.45) is 0 Å². The van der Waals surface area contributed by atoms with Crippen molar-refractivity contribution >= 4 is 10.0 Å². The van der Waals surface area contributed by atoms with E-state index in [9.17, 15) is 8.42 Å². The number of nitrogens with zero attached hydrogens (tertiary/aromatic N) is 1. The normalized spacial score (nSPS) is 11.4. The molecule has 0 aliphatic carbocycles. The van der Waals surface area contributed by atoms with Crippen LogP contribution in [0.25, 0.3) is 0 Å². The van der Waals surface area contributed by atoms with E-state index >= 15 is 0 Å². The number of pyridine rings is 1. The summed E-state index contributed by atoms with van der Waals surface area (Å²) in [6.45, 7) is 0.402. The van der Waals surface area contributed by atoms with Gasteiger partial charge < -0.3 is 0 Å². The van der Waals surface area contributed by atoms with Crippen LogP contribution in [0, 0.1) is 0 Å². The third-order valence-electron chi connectivity index (χ3n) is 2.68. The van der Waals surface area contributed by atoms with Gasteiger partial charge in [0.1, 0.15) is 0 Å². The van der Waals surface area contributed by atoms with Crippen molar-refractivity contribution in [1.29, 1.82) is 0 Å². The van der Waals surface area contributed by atoms with E-state index in [4.69, 9.17) is 0 Å². The van der Waals surface area contributed by atoms with Crippen molar-refractivity contribution in [2.45, 2.75) is 12.2 Å². The maximum atomic E-state index is 11.9. The predicted octanol–water partition coefficient (Wildman–Crippen LogP) is 1.74. The summed E-state index contributed by atoms with van der Waals surface area (Å²) in [5, 5.41) is 0. The Morgan fingerprint density at radius 2 is 1.63 bits per heavy atom. The van der Waals surface area contributed by atoms with Crippen LogP contribution < -0.4 is 4.72 Å². The van der Waals surface area contributed by atoms with E-state index in [-0.39, 0.29) is 5.75 Å². The summed E-state index contributed by atoms with van der Waals surface area (Å²) in [6, 6.07) is 12.9. The zero-order chi connectivity index (χ0) is 13.6. The van der Waals surface area contributed by atoms with Gasteiger partial charge in [0.2, 0.25) is 10.0 Å². The van der Waals surface area contributed by atoms with E-state index in [1.54, 1.807) is 12.4 Å². The minimum atomic E-state index is -3.27. The lowest BCUT2D eigenvalue weighted by Gasteiger charge is -2.06. The van der Waals surface area contributed by atoms with E-state index < -0.39 is 10.0 Å². The Morgan fingerprint density at radius 1 is 0.947 bits per heavy atom. The van der Waals surface area contributed by atoms with E-state index in [0.29, 0.717) is 13.0 Å². The van der Waals surface area contributed by atoms with Crippen LogP contribution in [0.3, 0.4) is 0 Å². The lowest BCUT2D eigenvalue weighted by atomic mass is 10.2. The Hall–Kier alpha value is -1.72. The molecule has 0 spiro atoms. The minimum absolute atomic E-state index is 0.0180. The van der Waals surface area contributed by atoms with Gasteiger partial charge in [-0.3, -0.25) is 4.98 Å². The third-order valence-corrected chi connectivity index (χ3v) is 4.04. The summed E-state index contributed by atoms with van der Waals surface area (Å²) in [5.74, 6) is 0.0180. The van der Waals surface area contributed by atoms with Crippen molar-refractivity contribution in [2.75, 3.05) is 6.54 Å². The van der Waals surface area contributed by atoms with Gasteiger partial charge in [0.25, 0.3) is 0 Å². The van der Waals surface area contributed by atoms with Crippen LogP contribution in [0.15, 0.2) is 54.9 Å². The topological polar surface area (TPSA) is 59.1 Å². The van der Waals surface area contributed by atoms with Crippen LogP contribution in [-0.4, -0.2) is 19.9 Å². The molecule has 19 heavy (non-hydrogen) atoms. The first-order valence-electron chi connectivity index (χ1n) is 6.06. The molecule has 0 saturated heterocycles. The molecule has 4 nitrogen and oxygen atoms in total. The van der Waals surface area contributed by atoms with Crippen LogP contribution in [-0.2, 0) is 22.2 Å². The molecule has 2 rings (SSSR count). The molecule has 1 heterocycles. The first-order chi connectivity index (χ1) is 9.16. The number of nitrogens with one attached hydrogen (secondary N) is 1. The molecule has 0 bridgehead atoms. The summed E-state index contributed by atoms with van der Waals surface area (Å²) in [4.78, 5) is 3.92. The van der Waals surface area contributed by atoms with E-state index in [1.165, 1.54) is 0 Å². The van der Waals surface area contributed by atoms with Gasteiger partial charge in [-0.15, -0.1) is 0 Å². The SMILES string of the molecule is O=S(=O)(Cc1ccccc1)NCCc1ccncc1. The lowest BCUT2D eigenvalue weighted by molar-refractivity contribution is 0.581. The molecule has 100 valence electrons. The Morgan fingerprint density at radius 3 is 2.32 bits per heavy atom. The molecule has 1 N–H and O–H groups in total. The van der Waals surface area contributed by atoms with E-state index in [1.807, 2.05) is 42.5 Å². The molecule has 0 amide bonds. The fourth-order valence-electron chi connectivity index (χ4n) is 1.75. The van der Waals surface area contributed by atoms with Crippen molar-refractivity contribution in [3.05, 3.63) is 66.0 Å². The van der Waals surface area contributed by atoms with Crippen molar-refractivity contribution in [1.82, 2.24) is 9.71 Å². The Kier molecular flexibility index (Phi) is 4.65. The van der Waals surface area contributed by atoms with Gasteiger partial charge in [0.15, 0.2) is 0 Å². The Bertz CT molecular complexity index is 598. The number of aromatic nitrogens is 1. The highest BCUT2D eigenvalue weighted by atomic mass is 32.2. The largest absolute Gasteiger partial charge is 0.265 e. The highest BCUT2D eigenvalue weighted by Gasteiger charge is 2.10. The summed E-state index contributed by atoms with van der Waals surface area (Å²) in [5.41, 5.74) is 1.86. The molecular weight excluding hydrogens is 260 g/mol. The van der Waals surface area contributed by atoms with Gasteiger partial charge in [-0.25, -0.2) is 13.1 Å². The number of benzene rings is 1. The maximum absolute atomic E-state index is 11.9. The van der Waals surface area contributed by atoms with Crippen molar-refractivity contribution < 1.29 is 8.42 Å². The van der Waals surface area contributed by atoms with Crippen LogP contribution >= 0.6 is 0 Å². The molecule has 0 aliphatic rings. The number of hydrogen-bond acceptors (Lipinski definition) is 3. The summed E-state index contributed by atoms with van der Waals surface area (Å²) < 4.78 is 26.3. The van der Waals surface area contributed by atoms with Gasteiger partial charge in [-0.05, 0) is 29.7 Å². The summed E-state index contributed by atoms with van der Waals surface area (Å²) in [6.07, 6.45) is 4.07. The van der Waals surface area contributed by atoms with Gasteiger partial charge in [0.05, 0.1) is 5.75 Å². The summed E-state index contributed by atoms with van der Waals surface area (Å²) in [7, 11) is -3.27. The number of rotatable bonds is 6. The molecule has 1 aromatic carbocycles. The second-order valence-electron chi connectivity index (χ2n) is 4.24. The first-order valence-corrected chi connectivity index (χ1v) is 7.71. The van der Waals surface area contributed by atoms with Crippen molar-refractivity contribution in [3.63, 3.8) is 0 Å². The molecule has 0 saturated carbocycles. The zero-order valence-corrected chi connectivity index (χ0v) is 11.3. The highest BCUT2D eigenvalue weighted by Crippen LogP contribution is 2.04. The molecule has 5 heteroatoms. The van der Waals surface area contributed by atoms with Crippen LogP contribution in [0.4, 0.5) is 0 Å². The molecule has 0 atom stereocenters. The van der Waals surface area contributed by atoms with E-state index in [2.05, 4.69) is 9.71 Å². The van der Waals surface area contributed by atoms with Crippen LogP contribution in [0.1, 0.15) is 11.1 Å². The van der Waals surface area contributed by atoms with Crippen LogP contribution in [0.2, 0.25) is 0 Å². The monoisotopic (exact) mass is 276 g/mol. The molecule has 1 aromatic heterocycles. The van der Waals surface area contributed by atoms with Crippen molar-refractivity contribution in [3.8, 4) is 0 Å². The standard InChI is InChI=1S/C14H16N2O2S/c17-19(18,12-14-4-2-1-3-5-14)16-11-8-13-6-9-15-10-7-13/h1-7,9-10,16H,8,11-12H2. The highest BCUT2D eigenvalue weighted by molar-refractivity contribution is 7.88. The van der Waals surface area contributed by atoms with Crippen LogP contribution in [0.5, 0.6) is 0 Å². The molecule has 2 aromatic rings. The molecule has 0 aliphatic heterocycles. The van der Waals surface area contributed by atoms with Gasteiger partial charge in [-0.1, -0.05) is 30.3 Å². The van der Waals surface area contributed by atoms with Gasteiger partial charge >= 0.3 is 0 Å². The van der Waals surface area contributed by atoms with E-state index in [0.717, 1.165) is 11.1 Å². The number of hydrogen-bond donors (Lipinski definition) is 1. The molecule has 0 unspecified atom stereocenters. The average Bonchev–Trinajstić information content (AvgIpc) is 2.40. The second-order valence-corrected chi connectivity index (χ2v) is 6.05. The Balaban J connectivity index is 1.85. The molecule has 0 radical (unpaired) electrons. The summed E-state index contributed by atoms with van der Waals surface area (Å²) >= 11 is 0. The molecular formula is C14H16N2O2S.